The minimum Gasteiger partial charge on any atom is -0.360 e. The van der Waals surface area contributed by atoms with E-state index in [1.807, 2.05) is 22.6 Å². The van der Waals surface area contributed by atoms with Gasteiger partial charge in [0.25, 0.3) is 5.95 Å². The zero-order valence-corrected chi connectivity index (χ0v) is 16.9. The molecule has 0 aliphatic rings. The molecule has 0 spiro atoms. The van der Waals surface area contributed by atoms with Crippen molar-refractivity contribution in [2.75, 3.05) is 5.32 Å². The molecule has 148 valence electrons. The zero-order chi connectivity index (χ0) is 20.6. The Kier molecular flexibility index (Phi) is 5.02. The van der Waals surface area contributed by atoms with E-state index >= 15 is 0 Å². The molecule has 0 aliphatic heterocycles. The molecule has 0 bridgehead atoms. The van der Waals surface area contributed by atoms with Gasteiger partial charge < -0.3 is 5.32 Å². The second-order valence-corrected chi connectivity index (χ2v) is 7.18. The highest BCUT2D eigenvalue weighted by Crippen LogP contribution is 2.35. The lowest BCUT2D eigenvalue weighted by Crippen LogP contribution is -2.16. The van der Waals surface area contributed by atoms with E-state index in [1.54, 1.807) is 25.4 Å². The minimum atomic E-state index is -4.47. The predicted molar refractivity (Wildman–Crippen MR) is 106 cm³/mol. The first-order chi connectivity index (χ1) is 13.8. The lowest BCUT2D eigenvalue weighted by Gasteiger charge is -2.17. The smallest absolute Gasteiger partial charge is 0.360 e. The van der Waals surface area contributed by atoms with Crippen LogP contribution in [0.4, 0.5) is 19.0 Å². The Balaban J connectivity index is 1.74. The molecule has 8 nitrogen and oxygen atoms in total. The summed E-state index contributed by atoms with van der Waals surface area (Å²) in [6.07, 6.45) is 1.33. The molecule has 0 unspecified atom stereocenters. The molecule has 0 radical (unpaired) electrons. The average molecular weight is 512 g/mol. The molecule has 0 saturated carbocycles. The maximum Gasteiger partial charge on any atom is 0.416 e. The molecule has 4 rings (SSSR count). The number of rotatable bonds is 4. The van der Waals surface area contributed by atoms with Crippen molar-refractivity contribution in [2.24, 2.45) is 0 Å². The highest BCUT2D eigenvalue weighted by molar-refractivity contribution is 14.1. The van der Waals surface area contributed by atoms with Gasteiger partial charge >= 0.3 is 6.18 Å². The zero-order valence-electron chi connectivity index (χ0n) is 14.8. The van der Waals surface area contributed by atoms with Crippen LogP contribution in [-0.4, -0.2) is 34.7 Å². The molecule has 29 heavy (non-hydrogen) atoms. The van der Waals surface area contributed by atoms with Crippen molar-refractivity contribution < 1.29 is 13.2 Å². The third-order valence-electron chi connectivity index (χ3n) is 4.08. The number of alkyl halides is 3. The predicted octanol–water partition coefficient (Wildman–Crippen LogP) is 3.80. The van der Waals surface area contributed by atoms with Crippen molar-refractivity contribution in [3.63, 3.8) is 0 Å². The van der Waals surface area contributed by atoms with Crippen LogP contribution in [-0.2, 0) is 6.18 Å². The SMILES string of the molecule is C[C@H](Nc1ncnc2c(I)cc(C(F)(F)F)cc12)c1ncnn1-c1ncccn1. The van der Waals surface area contributed by atoms with Crippen molar-refractivity contribution in [1.29, 1.82) is 0 Å². The van der Waals surface area contributed by atoms with Crippen LogP contribution in [0.2, 0.25) is 0 Å². The van der Waals surface area contributed by atoms with Crippen molar-refractivity contribution in [3.05, 3.63) is 58.2 Å². The molecule has 0 aliphatic carbocycles. The van der Waals surface area contributed by atoms with Gasteiger partial charge in [-0.05, 0) is 47.7 Å². The summed E-state index contributed by atoms with van der Waals surface area (Å²) in [6, 6.07) is 3.32. The lowest BCUT2D eigenvalue weighted by molar-refractivity contribution is -0.137. The van der Waals surface area contributed by atoms with Crippen LogP contribution in [0.15, 0.2) is 43.2 Å². The molecule has 0 saturated heterocycles. The third-order valence-corrected chi connectivity index (χ3v) is 4.90. The fraction of sp³-hybridized carbons (Fsp3) is 0.176. The van der Waals surface area contributed by atoms with Crippen molar-refractivity contribution in [3.8, 4) is 5.95 Å². The molecular formula is C17H12F3IN8. The molecule has 12 heteroatoms. The minimum absolute atomic E-state index is 0.259. The summed E-state index contributed by atoms with van der Waals surface area (Å²) in [5, 5.41) is 7.50. The molecule has 1 atom stereocenters. The standard InChI is InChI=1S/C17H12F3IN8/c1-9(15-26-8-27-29(15)16-22-3-2-4-23-16)28-14-11-5-10(17(18,19)20)6-12(21)13(11)24-7-25-14/h2-9H,1H3,(H,24,25,28)/t9-/m0/s1. The number of fused-ring (bicyclic) bond motifs is 1. The van der Waals surface area contributed by atoms with E-state index in [2.05, 4.69) is 35.3 Å². The van der Waals surface area contributed by atoms with Crippen LogP contribution in [0.1, 0.15) is 24.4 Å². The van der Waals surface area contributed by atoms with Crippen LogP contribution in [0.25, 0.3) is 16.9 Å². The summed E-state index contributed by atoms with van der Waals surface area (Å²) >= 11 is 1.84. The number of nitrogens with one attached hydrogen (secondary N) is 1. The maximum atomic E-state index is 13.3. The van der Waals surface area contributed by atoms with Gasteiger partial charge in [-0.15, -0.1) is 0 Å². The number of benzene rings is 1. The highest BCUT2D eigenvalue weighted by atomic mass is 127. The molecular weight excluding hydrogens is 500 g/mol. The van der Waals surface area contributed by atoms with Crippen molar-refractivity contribution >= 4 is 39.3 Å². The molecule has 3 heterocycles. The van der Waals surface area contributed by atoms with Crippen LogP contribution < -0.4 is 5.32 Å². The van der Waals surface area contributed by atoms with Gasteiger partial charge in [0.1, 0.15) is 18.5 Å². The first kappa shape index (κ1) is 19.4. The molecule has 1 aromatic carbocycles. The second kappa shape index (κ2) is 7.50. The van der Waals surface area contributed by atoms with Crippen molar-refractivity contribution in [2.45, 2.75) is 19.1 Å². The Morgan fingerprint density at radius 2 is 1.79 bits per heavy atom. The number of nitrogens with zero attached hydrogens (tertiary/aromatic N) is 7. The summed E-state index contributed by atoms with van der Waals surface area (Å²) in [5.41, 5.74) is -0.336. The second-order valence-electron chi connectivity index (χ2n) is 6.02. The third kappa shape index (κ3) is 3.83. The van der Waals surface area contributed by atoms with Gasteiger partial charge in [0, 0.05) is 21.4 Å². The first-order valence-corrected chi connectivity index (χ1v) is 9.38. The Bertz CT molecular complexity index is 1160. The molecule has 0 amide bonds. The molecule has 1 N–H and O–H groups in total. The molecule has 3 aromatic heterocycles. The highest BCUT2D eigenvalue weighted by Gasteiger charge is 2.32. The fourth-order valence-electron chi connectivity index (χ4n) is 2.77. The van der Waals surface area contributed by atoms with Crippen LogP contribution in [0.3, 0.4) is 0 Å². The van der Waals surface area contributed by atoms with Gasteiger partial charge in [0.15, 0.2) is 5.82 Å². The van der Waals surface area contributed by atoms with E-state index in [0.717, 1.165) is 12.1 Å². The van der Waals surface area contributed by atoms with Gasteiger partial charge in [-0.25, -0.2) is 24.9 Å². The number of halogens is 4. The topological polar surface area (TPSA) is 94.3 Å². The van der Waals surface area contributed by atoms with Crippen LogP contribution in [0, 0.1) is 3.57 Å². The molecule has 4 aromatic rings. The number of anilines is 1. The largest absolute Gasteiger partial charge is 0.416 e. The maximum absolute atomic E-state index is 13.3. The summed E-state index contributed by atoms with van der Waals surface area (Å²) in [4.78, 5) is 20.8. The lowest BCUT2D eigenvalue weighted by atomic mass is 10.1. The van der Waals surface area contributed by atoms with E-state index in [9.17, 15) is 13.2 Å². The van der Waals surface area contributed by atoms with E-state index in [0.29, 0.717) is 20.9 Å². The number of aromatic nitrogens is 7. The Morgan fingerprint density at radius 3 is 2.52 bits per heavy atom. The Labute approximate surface area is 175 Å². The normalized spacial score (nSPS) is 12.9. The van der Waals surface area contributed by atoms with Crippen molar-refractivity contribution in [1.82, 2.24) is 34.7 Å². The van der Waals surface area contributed by atoms with Crippen LogP contribution >= 0.6 is 22.6 Å². The summed E-state index contributed by atoms with van der Waals surface area (Å²) in [5.74, 6) is 1.06. The Hall–Kier alpha value is -2.90. The summed E-state index contributed by atoms with van der Waals surface area (Å²) in [7, 11) is 0. The monoisotopic (exact) mass is 512 g/mol. The quantitative estimate of drug-likeness (QED) is 0.416. The van der Waals surface area contributed by atoms with Gasteiger partial charge in [-0.2, -0.15) is 23.0 Å². The van der Waals surface area contributed by atoms with Gasteiger partial charge in [0.05, 0.1) is 17.1 Å². The number of hydrogen-bond acceptors (Lipinski definition) is 7. The average Bonchev–Trinajstić information content (AvgIpc) is 3.18. The number of hydrogen-bond donors (Lipinski definition) is 1. The van der Waals surface area contributed by atoms with E-state index in [-0.39, 0.29) is 11.2 Å². The van der Waals surface area contributed by atoms with E-state index in [1.165, 1.54) is 17.3 Å². The van der Waals surface area contributed by atoms with Gasteiger partial charge in [-0.3, -0.25) is 0 Å². The van der Waals surface area contributed by atoms with Gasteiger partial charge in [0.2, 0.25) is 0 Å². The summed E-state index contributed by atoms with van der Waals surface area (Å²) < 4.78 is 41.6. The van der Waals surface area contributed by atoms with E-state index < -0.39 is 17.8 Å². The van der Waals surface area contributed by atoms with Crippen LogP contribution in [0.5, 0.6) is 0 Å². The molecule has 0 fully saturated rings. The van der Waals surface area contributed by atoms with E-state index in [4.69, 9.17) is 0 Å². The van der Waals surface area contributed by atoms with Gasteiger partial charge in [-0.1, -0.05) is 0 Å². The summed E-state index contributed by atoms with van der Waals surface area (Å²) in [6.45, 7) is 1.79. The first-order valence-electron chi connectivity index (χ1n) is 8.30. The Morgan fingerprint density at radius 1 is 1.03 bits per heavy atom. The fourth-order valence-corrected chi connectivity index (χ4v) is 3.54.